The Hall–Kier alpha value is -2.53. The topological polar surface area (TPSA) is 54.9 Å². The van der Waals surface area contributed by atoms with E-state index in [1.165, 1.54) is 5.56 Å². The molecule has 1 heterocycles. The van der Waals surface area contributed by atoms with E-state index in [1.54, 1.807) is 0 Å². The molecular weight excluding hydrogens is 294 g/mol. The lowest BCUT2D eigenvalue weighted by atomic mass is 10.1. The van der Waals surface area contributed by atoms with E-state index in [1.807, 2.05) is 54.6 Å². The highest BCUT2D eigenvalue weighted by Crippen LogP contribution is 2.24. The Morgan fingerprint density at radius 3 is 2.50 bits per heavy atom. The average molecular weight is 309 g/mol. The van der Waals surface area contributed by atoms with Gasteiger partial charge in [0.1, 0.15) is 10.6 Å². The minimum atomic E-state index is -0.182. The molecular formula is C17H15N3OS. The third-order valence-electron chi connectivity index (χ3n) is 3.36. The summed E-state index contributed by atoms with van der Waals surface area (Å²) in [7, 11) is 0. The number of rotatable bonds is 4. The number of benzene rings is 2. The zero-order valence-electron chi connectivity index (χ0n) is 12.1. The summed E-state index contributed by atoms with van der Waals surface area (Å²) in [5.41, 5.74) is 3.52. The van der Waals surface area contributed by atoms with Crippen LogP contribution in [0.1, 0.15) is 22.2 Å². The van der Waals surface area contributed by atoms with Gasteiger partial charge in [-0.2, -0.15) is 0 Å². The molecule has 0 aliphatic carbocycles. The lowest BCUT2D eigenvalue weighted by Gasteiger charge is -2.05. The number of carbonyl (C=O) groups is 1. The van der Waals surface area contributed by atoms with Gasteiger partial charge in [-0.3, -0.25) is 4.79 Å². The number of hydrogen-bond acceptors (Lipinski definition) is 4. The monoisotopic (exact) mass is 309 g/mol. The van der Waals surface area contributed by atoms with E-state index in [9.17, 15) is 4.79 Å². The van der Waals surface area contributed by atoms with E-state index in [0.29, 0.717) is 10.6 Å². The first-order valence-corrected chi connectivity index (χ1v) is 7.83. The lowest BCUT2D eigenvalue weighted by Crippen LogP contribution is -2.11. The van der Waals surface area contributed by atoms with E-state index in [-0.39, 0.29) is 5.91 Å². The van der Waals surface area contributed by atoms with Crippen molar-refractivity contribution in [2.75, 3.05) is 5.32 Å². The van der Waals surface area contributed by atoms with Gasteiger partial charge < -0.3 is 5.32 Å². The molecule has 0 unspecified atom stereocenters. The molecule has 5 heteroatoms. The first kappa shape index (κ1) is 14.4. The fourth-order valence-electron chi connectivity index (χ4n) is 2.14. The fourth-order valence-corrected chi connectivity index (χ4v) is 2.72. The second kappa shape index (κ2) is 6.49. The highest BCUT2D eigenvalue weighted by Gasteiger charge is 2.17. The van der Waals surface area contributed by atoms with Crippen molar-refractivity contribution in [3.05, 3.63) is 65.0 Å². The Morgan fingerprint density at radius 2 is 1.82 bits per heavy atom. The van der Waals surface area contributed by atoms with Crippen LogP contribution in [-0.4, -0.2) is 15.5 Å². The van der Waals surface area contributed by atoms with Crippen LogP contribution in [0.5, 0.6) is 0 Å². The maximum absolute atomic E-state index is 12.4. The average Bonchev–Trinajstić information content (AvgIpc) is 3.06. The van der Waals surface area contributed by atoms with Gasteiger partial charge >= 0.3 is 0 Å². The third kappa shape index (κ3) is 3.04. The van der Waals surface area contributed by atoms with E-state index < -0.39 is 0 Å². The van der Waals surface area contributed by atoms with Gasteiger partial charge in [0, 0.05) is 11.3 Å². The molecule has 0 saturated heterocycles. The Labute approximate surface area is 133 Å². The predicted octanol–water partition coefficient (Wildman–Crippen LogP) is 4.02. The normalized spacial score (nSPS) is 10.4. The third-order valence-corrected chi connectivity index (χ3v) is 4.09. The quantitative estimate of drug-likeness (QED) is 0.792. The highest BCUT2D eigenvalue weighted by molar-refractivity contribution is 7.08. The smallest absolute Gasteiger partial charge is 0.269 e. The minimum Gasteiger partial charge on any atom is -0.321 e. The van der Waals surface area contributed by atoms with Crippen LogP contribution in [0.2, 0.25) is 0 Å². The number of anilines is 1. The molecule has 0 radical (unpaired) electrons. The second-order valence-corrected chi connectivity index (χ2v) is 5.58. The summed E-state index contributed by atoms with van der Waals surface area (Å²) in [6.45, 7) is 2.10. The van der Waals surface area contributed by atoms with Crippen molar-refractivity contribution in [3.63, 3.8) is 0 Å². The molecule has 1 N–H and O–H groups in total. The number of hydrogen-bond donors (Lipinski definition) is 1. The molecule has 1 amide bonds. The molecule has 3 rings (SSSR count). The lowest BCUT2D eigenvalue weighted by molar-refractivity contribution is 0.103. The molecule has 0 spiro atoms. The van der Waals surface area contributed by atoms with Crippen LogP contribution < -0.4 is 5.32 Å². The van der Waals surface area contributed by atoms with Crippen LogP contribution in [0, 0.1) is 0 Å². The van der Waals surface area contributed by atoms with Gasteiger partial charge in [-0.1, -0.05) is 53.9 Å². The van der Waals surface area contributed by atoms with E-state index in [0.717, 1.165) is 29.2 Å². The van der Waals surface area contributed by atoms with Crippen molar-refractivity contribution in [1.29, 1.82) is 0 Å². The summed E-state index contributed by atoms with van der Waals surface area (Å²) < 4.78 is 3.92. The SMILES string of the molecule is CCc1ccc(NC(=O)c2snnc2-c2ccccc2)cc1. The first-order valence-electron chi connectivity index (χ1n) is 7.06. The Morgan fingerprint density at radius 1 is 1.09 bits per heavy atom. The summed E-state index contributed by atoms with van der Waals surface area (Å²) >= 11 is 1.11. The van der Waals surface area contributed by atoms with Gasteiger partial charge in [-0.15, -0.1) is 5.10 Å². The number of carbonyl (C=O) groups excluding carboxylic acids is 1. The van der Waals surface area contributed by atoms with Crippen molar-refractivity contribution in [2.45, 2.75) is 13.3 Å². The molecule has 0 aliphatic rings. The maximum Gasteiger partial charge on any atom is 0.269 e. The Kier molecular flexibility index (Phi) is 4.25. The molecule has 1 aromatic heterocycles. The van der Waals surface area contributed by atoms with Gasteiger partial charge in [0.05, 0.1) is 0 Å². The first-order chi connectivity index (χ1) is 10.8. The molecule has 0 saturated carbocycles. The molecule has 0 fully saturated rings. The molecule has 0 aliphatic heterocycles. The van der Waals surface area contributed by atoms with Gasteiger partial charge in [-0.05, 0) is 35.6 Å². The van der Waals surface area contributed by atoms with E-state index >= 15 is 0 Å². The maximum atomic E-state index is 12.4. The molecule has 4 nitrogen and oxygen atoms in total. The minimum absolute atomic E-state index is 0.182. The molecule has 0 atom stereocenters. The number of nitrogens with zero attached hydrogens (tertiary/aromatic N) is 2. The van der Waals surface area contributed by atoms with Crippen molar-refractivity contribution in [2.24, 2.45) is 0 Å². The summed E-state index contributed by atoms with van der Waals surface area (Å²) in [6.07, 6.45) is 0.977. The number of aryl methyl sites for hydroxylation is 1. The molecule has 22 heavy (non-hydrogen) atoms. The van der Waals surface area contributed by atoms with Crippen LogP contribution in [-0.2, 0) is 6.42 Å². The number of nitrogens with one attached hydrogen (secondary N) is 1. The molecule has 2 aromatic carbocycles. The Balaban J connectivity index is 1.82. The van der Waals surface area contributed by atoms with Crippen molar-refractivity contribution < 1.29 is 4.79 Å². The van der Waals surface area contributed by atoms with Gasteiger partial charge in [0.15, 0.2) is 0 Å². The predicted molar refractivity (Wildman–Crippen MR) is 89.1 cm³/mol. The van der Waals surface area contributed by atoms with Crippen molar-refractivity contribution in [1.82, 2.24) is 9.59 Å². The van der Waals surface area contributed by atoms with Crippen molar-refractivity contribution >= 4 is 23.1 Å². The summed E-state index contributed by atoms with van der Waals surface area (Å²) in [5, 5.41) is 6.98. The fraction of sp³-hybridized carbons (Fsp3) is 0.118. The van der Waals surface area contributed by atoms with Crippen LogP contribution >= 0.6 is 11.5 Å². The largest absolute Gasteiger partial charge is 0.321 e. The van der Waals surface area contributed by atoms with Crippen LogP contribution in [0.4, 0.5) is 5.69 Å². The number of amides is 1. The van der Waals surface area contributed by atoms with Gasteiger partial charge in [0.2, 0.25) is 0 Å². The van der Waals surface area contributed by atoms with Crippen LogP contribution in [0.15, 0.2) is 54.6 Å². The van der Waals surface area contributed by atoms with Crippen LogP contribution in [0.25, 0.3) is 11.3 Å². The Bertz CT molecular complexity index is 766. The summed E-state index contributed by atoms with van der Waals surface area (Å²) in [4.78, 5) is 13.0. The highest BCUT2D eigenvalue weighted by atomic mass is 32.1. The summed E-state index contributed by atoms with van der Waals surface area (Å²) in [5.74, 6) is -0.182. The van der Waals surface area contributed by atoms with E-state index in [2.05, 4.69) is 21.8 Å². The van der Waals surface area contributed by atoms with E-state index in [4.69, 9.17) is 0 Å². The summed E-state index contributed by atoms with van der Waals surface area (Å²) in [6, 6.07) is 17.4. The van der Waals surface area contributed by atoms with Crippen LogP contribution in [0.3, 0.4) is 0 Å². The standard InChI is InChI=1S/C17H15N3OS/c1-2-12-8-10-14(11-9-12)18-17(21)16-15(19-20-22-16)13-6-4-3-5-7-13/h3-11H,2H2,1H3,(H,18,21). The zero-order chi connectivity index (χ0) is 15.4. The van der Waals surface area contributed by atoms with Gasteiger partial charge in [0.25, 0.3) is 5.91 Å². The molecule has 110 valence electrons. The van der Waals surface area contributed by atoms with Gasteiger partial charge in [-0.25, -0.2) is 0 Å². The zero-order valence-corrected chi connectivity index (χ0v) is 12.9. The van der Waals surface area contributed by atoms with Crippen molar-refractivity contribution in [3.8, 4) is 11.3 Å². The molecule has 0 bridgehead atoms. The second-order valence-electron chi connectivity index (χ2n) is 4.82. The number of aromatic nitrogens is 2. The molecule has 3 aromatic rings.